The van der Waals surface area contributed by atoms with E-state index in [-0.39, 0.29) is 23.0 Å². The van der Waals surface area contributed by atoms with Crippen LogP contribution in [0.3, 0.4) is 0 Å². The summed E-state index contributed by atoms with van der Waals surface area (Å²) in [6.45, 7) is 3.15. The van der Waals surface area contributed by atoms with Gasteiger partial charge in [0.2, 0.25) is 0 Å². The molecule has 1 atom stereocenters. The summed E-state index contributed by atoms with van der Waals surface area (Å²) in [5, 5.41) is 2.98. The van der Waals surface area contributed by atoms with Gasteiger partial charge in [-0.3, -0.25) is 4.79 Å². The zero-order valence-corrected chi connectivity index (χ0v) is 11.8. The number of anilines is 1. The Morgan fingerprint density at radius 1 is 1.53 bits per heavy atom. The molecule has 0 aromatic carbocycles. The van der Waals surface area contributed by atoms with Crippen molar-refractivity contribution >= 4 is 15.7 Å². The maximum absolute atomic E-state index is 12.0. The van der Waals surface area contributed by atoms with Gasteiger partial charge in [0, 0.05) is 25.5 Å². The molecule has 1 aromatic rings. The second-order valence-corrected chi connectivity index (χ2v) is 7.15. The summed E-state index contributed by atoms with van der Waals surface area (Å²) in [7, 11) is -2.87. The van der Waals surface area contributed by atoms with Crippen molar-refractivity contribution in [3.63, 3.8) is 0 Å². The van der Waals surface area contributed by atoms with E-state index < -0.39 is 9.84 Å². The minimum atomic E-state index is -2.87. The first kappa shape index (κ1) is 14.0. The highest BCUT2D eigenvalue weighted by Crippen LogP contribution is 2.18. The summed E-state index contributed by atoms with van der Waals surface area (Å²) >= 11 is 0. The molecule has 0 bridgehead atoms. The van der Waals surface area contributed by atoms with Gasteiger partial charge in [0.1, 0.15) is 0 Å². The van der Waals surface area contributed by atoms with E-state index in [1.165, 1.54) is 0 Å². The van der Waals surface area contributed by atoms with Crippen molar-refractivity contribution in [2.75, 3.05) is 23.4 Å². The first-order chi connectivity index (χ1) is 9.02. The second-order valence-electron chi connectivity index (χ2n) is 4.92. The third-order valence-electron chi connectivity index (χ3n) is 3.26. The molecule has 2 heterocycles. The van der Waals surface area contributed by atoms with Crippen LogP contribution >= 0.6 is 0 Å². The van der Waals surface area contributed by atoms with Gasteiger partial charge in [-0.2, -0.15) is 0 Å². The van der Waals surface area contributed by atoms with Crippen LogP contribution in [0.4, 0.5) is 5.82 Å². The van der Waals surface area contributed by atoms with E-state index in [1.807, 2.05) is 6.92 Å². The average molecular weight is 285 g/mol. The Balaban J connectivity index is 2.00. The zero-order valence-electron chi connectivity index (χ0n) is 11.0. The fraction of sp³-hybridized carbons (Fsp3) is 0.667. The van der Waals surface area contributed by atoms with Gasteiger partial charge in [0.15, 0.2) is 15.7 Å². The molecule has 0 radical (unpaired) electrons. The molecule has 106 valence electrons. The van der Waals surface area contributed by atoms with E-state index in [0.717, 1.165) is 6.42 Å². The van der Waals surface area contributed by atoms with Gasteiger partial charge < -0.3 is 9.88 Å². The monoisotopic (exact) mass is 285 g/mol. The van der Waals surface area contributed by atoms with E-state index in [2.05, 4.69) is 10.3 Å². The number of sulfone groups is 1. The van der Waals surface area contributed by atoms with Gasteiger partial charge in [0.05, 0.1) is 11.5 Å². The van der Waals surface area contributed by atoms with Gasteiger partial charge in [-0.15, -0.1) is 0 Å². The predicted octanol–water partition coefficient (Wildman–Crippen LogP) is 0.500. The second kappa shape index (κ2) is 5.73. The molecule has 2 rings (SSSR count). The number of hydrogen-bond acceptors (Lipinski definition) is 5. The molecule has 0 spiro atoms. The summed E-state index contributed by atoms with van der Waals surface area (Å²) in [4.78, 5) is 16.0. The highest BCUT2D eigenvalue weighted by atomic mass is 32.2. The number of nitrogens with one attached hydrogen (secondary N) is 1. The Labute approximate surface area is 112 Å². The van der Waals surface area contributed by atoms with Crippen LogP contribution in [0.25, 0.3) is 0 Å². The Morgan fingerprint density at radius 3 is 2.95 bits per heavy atom. The normalized spacial score (nSPS) is 21.4. The number of hydrogen-bond donors (Lipinski definition) is 1. The van der Waals surface area contributed by atoms with Gasteiger partial charge in [0.25, 0.3) is 5.56 Å². The van der Waals surface area contributed by atoms with Crippen molar-refractivity contribution in [2.45, 2.75) is 26.3 Å². The third-order valence-corrected chi connectivity index (χ3v) is 5.10. The van der Waals surface area contributed by atoms with Crippen LogP contribution in [-0.2, 0) is 16.4 Å². The maximum atomic E-state index is 12.0. The van der Waals surface area contributed by atoms with Crippen LogP contribution in [0.15, 0.2) is 17.2 Å². The Bertz CT molecular complexity index is 594. The SMILES string of the molecule is CCCn1ccnc(NCC2CCS(=O)(=O)C2)c1=O. The summed E-state index contributed by atoms with van der Waals surface area (Å²) in [6, 6.07) is 0. The van der Waals surface area contributed by atoms with Crippen molar-refractivity contribution < 1.29 is 8.42 Å². The summed E-state index contributed by atoms with van der Waals surface area (Å²) < 4.78 is 24.3. The molecule has 1 saturated heterocycles. The van der Waals surface area contributed by atoms with Gasteiger partial charge in [-0.1, -0.05) is 6.92 Å². The molecular formula is C12H19N3O3S. The van der Waals surface area contributed by atoms with E-state index in [9.17, 15) is 13.2 Å². The highest BCUT2D eigenvalue weighted by molar-refractivity contribution is 7.91. The molecule has 0 aliphatic carbocycles. The molecule has 7 heteroatoms. The molecule has 1 N–H and O–H groups in total. The number of rotatable bonds is 5. The van der Waals surface area contributed by atoms with Crippen LogP contribution in [0.2, 0.25) is 0 Å². The summed E-state index contributed by atoms with van der Waals surface area (Å²) in [5.41, 5.74) is -0.148. The van der Waals surface area contributed by atoms with Crippen molar-refractivity contribution in [3.8, 4) is 0 Å². The molecule has 1 aliphatic heterocycles. The number of nitrogens with zero attached hydrogens (tertiary/aromatic N) is 2. The largest absolute Gasteiger partial charge is 0.365 e. The Morgan fingerprint density at radius 2 is 2.32 bits per heavy atom. The predicted molar refractivity (Wildman–Crippen MR) is 74.0 cm³/mol. The van der Waals surface area contributed by atoms with Gasteiger partial charge in [-0.25, -0.2) is 13.4 Å². The number of aromatic nitrogens is 2. The standard InChI is InChI=1S/C12H19N3O3S/c1-2-5-15-6-4-13-11(12(15)16)14-8-10-3-7-19(17,18)9-10/h4,6,10H,2-3,5,7-9H2,1H3,(H,13,14). The molecule has 19 heavy (non-hydrogen) atoms. The van der Waals surface area contributed by atoms with E-state index >= 15 is 0 Å². The van der Waals surface area contributed by atoms with E-state index in [1.54, 1.807) is 17.0 Å². The quantitative estimate of drug-likeness (QED) is 0.852. The molecule has 6 nitrogen and oxygen atoms in total. The summed E-state index contributed by atoms with van der Waals surface area (Å²) in [6.07, 6.45) is 4.79. The lowest BCUT2D eigenvalue weighted by atomic mass is 10.1. The number of aryl methyl sites for hydroxylation is 1. The Hall–Kier alpha value is -1.37. The lowest BCUT2D eigenvalue weighted by Gasteiger charge is -2.11. The van der Waals surface area contributed by atoms with Crippen LogP contribution in [0.5, 0.6) is 0 Å². The maximum Gasteiger partial charge on any atom is 0.293 e. The molecule has 1 aromatic heterocycles. The minimum absolute atomic E-state index is 0.0750. The fourth-order valence-electron chi connectivity index (χ4n) is 2.26. The Kier molecular flexibility index (Phi) is 4.24. The van der Waals surface area contributed by atoms with Crippen molar-refractivity contribution in [1.29, 1.82) is 0 Å². The minimum Gasteiger partial charge on any atom is -0.365 e. The fourth-order valence-corrected chi connectivity index (χ4v) is 4.12. The van der Waals surface area contributed by atoms with Crippen molar-refractivity contribution in [2.24, 2.45) is 5.92 Å². The third kappa shape index (κ3) is 3.56. The molecule has 1 unspecified atom stereocenters. The van der Waals surface area contributed by atoms with Gasteiger partial charge in [-0.05, 0) is 18.8 Å². The van der Waals surface area contributed by atoms with Crippen LogP contribution in [0, 0.1) is 5.92 Å². The highest BCUT2D eigenvalue weighted by Gasteiger charge is 2.27. The molecule has 0 amide bonds. The molecule has 0 saturated carbocycles. The van der Waals surface area contributed by atoms with Crippen molar-refractivity contribution in [3.05, 3.63) is 22.7 Å². The average Bonchev–Trinajstić information content (AvgIpc) is 2.70. The van der Waals surface area contributed by atoms with Gasteiger partial charge >= 0.3 is 0 Å². The summed E-state index contributed by atoms with van der Waals surface area (Å²) in [5.74, 6) is 0.837. The van der Waals surface area contributed by atoms with Crippen LogP contribution < -0.4 is 10.9 Å². The van der Waals surface area contributed by atoms with E-state index in [4.69, 9.17) is 0 Å². The lowest BCUT2D eigenvalue weighted by Crippen LogP contribution is -2.26. The zero-order chi connectivity index (χ0) is 13.9. The van der Waals surface area contributed by atoms with Crippen LogP contribution in [0.1, 0.15) is 19.8 Å². The smallest absolute Gasteiger partial charge is 0.293 e. The van der Waals surface area contributed by atoms with Crippen molar-refractivity contribution in [1.82, 2.24) is 9.55 Å². The molecule has 1 fully saturated rings. The first-order valence-electron chi connectivity index (χ1n) is 6.51. The molecule has 1 aliphatic rings. The van der Waals surface area contributed by atoms with E-state index in [0.29, 0.717) is 25.3 Å². The van der Waals surface area contributed by atoms with Crippen LogP contribution in [-0.4, -0.2) is 36.0 Å². The lowest BCUT2D eigenvalue weighted by molar-refractivity contribution is 0.595. The topological polar surface area (TPSA) is 81.1 Å². The molecular weight excluding hydrogens is 266 g/mol. The first-order valence-corrected chi connectivity index (χ1v) is 8.33.